The first-order chi connectivity index (χ1) is 8.11. The van der Waals surface area contributed by atoms with Gasteiger partial charge in [-0.2, -0.15) is 0 Å². The van der Waals surface area contributed by atoms with Gasteiger partial charge in [-0.15, -0.1) is 0 Å². The molecule has 0 fully saturated rings. The zero-order valence-corrected chi connectivity index (χ0v) is 9.47. The maximum Gasteiger partial charge on any atom is 0.189 e. The molecule has 17 heavy (non-hydrogen) atoms. The number of benzene rings is 1. The van der Waals surface area contributed by atoms with Gasteiger partial charge in [-0.25, -0.2) is 0 Å². The molecule has 1 unspecified atom stereocenters. The van der Waals surface area contributed by atoms with E-state index in [0.29, 0.717) is 17.1 Å². The van der Waals surface area contributed by atoms with Gasteiger partial charge in [0, 0.05) is 5.56 Å². The molecular weight excluding hydrogens is 216 g/mol. The van der Waals surface area contributed by atoms with Crippen LogP contribution in [0.2, 0.25) is 0 Å². The number of Topliss-reactive ketones (excluding diaryl/α,β-unsaturated/α-hetero) is 1. The molecule has 4 nitrogen and oxygen atoms in total. The fourth-order valence-electron chi connectivity index (χ4n) is 1.64. The summed E-state index contributed by atoms with van der Waals surface area (Å²) in [5.41, 5.74) is 0.537. The van der Waals surface area contributed by atoms with Crippen molar-refractivity contribution in [3.8, 4) is 11.5 Å². The van der Waals surface area contributed by atoms with Crippen LogP contribution in [0.25, 0.3) is 0 Å². The van der Waals surface area contributed by atoms with Crippen molar-refractivity contribution in [2.45, 2.75) is 19.2 Å². The van der Waals surface area contributed by atoms with Crippen molar-refractivity contribution in [3.05, 3.63) is 23.8 Å². The summed E-state index contributed by atoms with van der Waals surface area (Å²) >= 11 is 0. The fourth-order valence-corrected chi connectivity index (χ4v) is 1.64. The van der Waals surface area contributed by atoms with Gasteiger partial charge in [-0.3, -0.25) is 4.79 Å². The summed E-state index contributed by atoms with van der Waals surface area (Å²) in [6.07, 6.45) is -0.544. The van der Waals surface area contributed by atoms with E-state index < -0.39 is 6.19 Å². The third-order valence-electron chi connectivity index (χ3n) is 2.53. The van der Waals surface area contributed by atoms with E-state index in [1.54, 1.807) is 25.1 Å². The molecule has 0 aromatic heterocycles. The van der Waals surface area contributed by atoms with E-state index in [9.17, 15) is 4.79 Å². The summed E-state index contributed by atoms with van der Waals surface area (Å²) < 4.78 is 10.4. The smallest absolute Gasteiger partial charge is 0.189 e. The number of hydrogen-bond acceptors (Lipinski definition) is 4. The van der Waals surface area contributed by atoms with Gasteiger partial charge in [0.1, 0.15) is 0 Å². The van der Waals surface area contributed by atoms with Crippen LogP contribution in [0.1, 0.15) is 17.3 Å². The molecule has 2 rings (SSSR count). The zero-order valence-electron chi connectivity index (χ0n) is 9.47. The largest absolute Gasteiger partial charge is 0.461 e. The Morgan fingerprint density at radius 3 is 2.88 bits per heavy atom. The van der Waals surface area contributed by atoms with E-state index in [0.717, 1.165) is 0 Å². The minimum absolute atomic E-state index is 0.0534. The molecule has 1 aromatic rings. The van der Waals surface area contributed by atoms with Gasteiger partial charge in [0.2, 0.25) is 0 Å². The number of ketones is 1. The van der Waals surface area contributed by atoms with Crippen LogP contribution in [-0.4, -0.2) is 40.2 Å². The van der Waals surface area contributed by atoms with Crippen LogP contribution in [0, 0.1) is 0 Å². The van der Waals surface area contributed by atoms with E-state index >= 15 is 0 Å². The highest BCUT2D eigenvalue weighted by Gasteiger charge is 2.22. The first kappa shape index (κ1) is 12.0. The van der Waals surface area contributed by atoms with Crippen LogP contribution in [-0.2, 0) is 0 Å². The molecule has 1 aliphatic heterocycles. The molecule has 0 saturated heterocycles. The van der Waals surface area contributed by atoms with Crippen LogP contribution >= 0.6 is 0 Å². The second-order valence-electron chi connectivity index (χ2n) is 3.76. The van der Waals surface area contributed by atoms with Crippen molar-refractivity contribution in [1.82, 2.24) is 5.32 Å². The van der Waals surface area contributed by atoms with Gasteiger partial charge in [0.05, 0.1) is 13.9 Å². The Balaban J connectivity index is 2.18. The van der Waals surface area contributed by atoms with Crippen molar-refractivity contribution < 1.29 is 14.3 Å². The SMILES string of the molecule is [B]CN[C@H](C)C(=O)c1ccc2c(c1)OC([B])O2. The predicted molar refractivity (Wildman–Crippen MR) is 64.8 cm³/mol. The summed E-state index contributed by atoms with van der Waals surface area (Å²) in [7, 11) is 10.8. The average molecular weight is 227 g/mol. The molecule has 2 atom stereocenters. The van der Waals surface area contributed by atoms with E-state index in [-0.39, 0.29) is 18.3 Å². The monoisotopic (exact) mass is 227 g/mol. The molecule has 1 N–H and O–H groups in total. The fraction of sp³-hybridized carbons (Fsp3) is 0.364. The molecule has 0 spiro atoms. The second kappa shape index (κ2) is 4.84. The molecule has 0 aliphatic carbocycles. The summed E-state index contributed by atoms with van der Waals surface area (Å²) in [5.74, 6) is 0.985. The Morgan fingerprint density at radius 2 is 2.18 bits per heavy atom. The highest BCUT2D eigenvalue weighted by molar-refractivity contribution is 6.11. The third kappa shape index (κ3) is 2.47. The molecule has 0 saturated carbocycles. The Kier molecular flexibility index (Phi) is 3.43. The van der Waals surface area contributed by atoms with E-state index in [2.05, 4.69) is 5.32 Å². The lowest BCUT2D eigenvalue weighted by Crippen LogP contribution is -2.34. The quantitative estimate of drug-likeness (QED) is 0.589. The van der Waals surface area contributed by atoms with Crippen LogP contribution in [0.3, 0.4) is 0 Å². The minimum atomic E-state index is -0.796. The normalized spacial score (nSPS) is 19.0. The van der Waals surface area contributed by atoms with Crippen molar-refractivity contribution in [3.63, 3.8) is 0 Å². The number of ether oxygens (including phenoxy) is 2. The molecule has 1 aliphatic rings. The Morgan fingerprint density at radius 1 is 1.47 bits per heavy atom. The second-order valence-corrected chi connectivity index (χ2v) is 3.76. The molecule has 84 valence electrons. The Labute approximate surface area is 102 Å². The summed E-state index contributed by atoms with van der Waals surface area (Å²) in [5, 5.41) is 2.85. The van der Waals surface area contributed by atoms with Gasteiger partial charge >= 0.3 is 0 Å². The highest BCUT2D eigenvalue weighted by Crippen LogP contribution is 2.34. The Hall–Kier alpha value is -1.42. The van der Waals surface area contributed by atoms with Crippen LogP contribution in [0.4, 0.5) is 0 Å². The molecule has 1 heterocycles. The van der Waals surface area contributed by atoms with Gasteiger partial charge in [0.25, 0.3) is 0 Å². The van der Waals surface area contributed by atoms with Crippen LogP contribution in [0.15, 0.2) is 18.2 Å². The summed E-state index contributed by atoms with van der Waals surface area (Å²) in [4.78, 5) is 12.0. The zero-order chi connectivity index (χ0) is 12.4. The number of hydrogen-bond donors (Lipinski definition) is 1. The van der Waals surface area contributed by atoms with Crippen molar-refractivity contribution in [2.75, 3.05) is 6.44 Å². The summed E-state index contributed by atoms with van der Waals surface area (Å²) in [6, 6.07) is 4.63. The average Bonchev–Trinajstić information content (AvgIpc) is 2.67. The molecule has 0 bridgehead atoms. The first-order valence-corrected chi connectivity index (χ1v) is 5.32. The van der Waals surface area contributed by atoms with Crippen LogP contribution < -0.4 is 14.8 Å². The first-order valence-electron chi connectivity index (χ1n) is 5.32. The van der Waals surface area contributed by atoms with Crippen molar-refractivity contribution in [2.24, 2.45) is 0 Å². The highest BCUT2D eigenvalue weighted by atomic mass is 16.7. The molecule has 6 heteroatoms. The number of nitrogens with one attached hydrogen (secondary N) is 1. The third-order valence-corrected chi connectivity index (χ3v) is 2.53. The summed E-state index contributed by atoms with van der Waals surface area (Å²) in [6.45, 7) is 1.76. The van der Waals surface area contributed by atoms with Crippen LogP contribution in [0.5, 0.6) is 11.5 Å². The molecule has 4 radical (unpaired) electrons. The minimum Gasteiger partial charge on any atom is -0.461 e. The van der Waals surface area contributed by atoms with Gasteiger partial charge in [0.15, 0.2) is 31.3 Å². The molecular formula is C11H11B2NO3. The topological polar surface area (TPSA) is 47.6 Å². The van der Waals surface area contributed by atoms with Gasteiger partial charge in [-0.05, 0) is 31.6 Å². The molecule has 1 aromatic carbocycles. The predicted octanol–water partition coefficient (Wildman–Crippen LogP) is 0.197. The van der Waals surface area contributed by atoms with Crippen molar-refractivity contribution >= 4 is 21.5 Å². The molecule has 0 amide bonds. The number of fused-ring (bicyclic) bond motifs is 1. The number of carbonyl (C=O) groups excluding carboxylic acids is 1. The lowest BCUT2D eigenvalue weighted by atomic mass is 10.0. The maximum absolute atomic E-state index is 12.0. The lowest BCUT2D eigenvalue weighted by molar-refractivity contribution is 0.0953. The van der Waals surface area contributed by atoms with Gasteiger partial charge < -0.3 is 14.8 Å². The van der Waals surface area contributed by atoms with E-state index in [4.69, 9.17) is 25.2 Å². The van der Waals surface area contributed by atoms with E-state index in [1.165, 1.54) is 0 Å². The number of rotatable bonds is 4. The number of carbonyl (C=O) groups is 1. The van der Waals surface area contributed by atoms with Crippen molar-refractivity contribution in [1.29, 1.82) is 0 Å². The Bertz CT molecular complexity index is 439. The van der Waals surface area contributed by atoms with E-state index in [1.807, 2.05) is 0 Å². The standard InChI is InChI=1S/C11H11B2NO3/c1-6(14-5-12)10(15)7-2-3-8-9(4-7)17-11(13)16-8/h2-4,6,11,14H,5H2,1H3/t6-,11?/m1/s1. The maximum atomic E-state index is 12.0. The van der Waals surface area contributed by atoms with Gasteiger partial charge in [-0.1, -0.05) is 0 Å². The lowest BCUT2D eigenvalue weighted by Gasteiger charge is -2.11.